The summed E-state index contributed by atoms with van der Waals surface area (Å²) in [7, 11) is 0. The number of nitrogens with one attached hydrogen (secondary N) is 1. The Morgan fingerprint density at radius 3 is 2.75 bits per heavy atom. The van der Waals surface area contributed by atoms with Gasteiger partial charge in [-0.3, -0.25) is 0 Å². The summed E-state index contributed by atoms with van der Waals surface area (Å²) in [5.74, 6) is 3.31. The van der Waals surface area contributed by atoms with Crippen molar-refractivity contribution in [1.29, 1.82) is 0 Å². The van der Waals surface area contributed by atoms with Gasteiger partial charge >= 0.3 is 0 Å². The molecule has 0 aromatic carbocycles. The highest BCUT2D eigenvalue weighted by atomic mass is 16.5. The van der Waals surface area contributed by atoms with E-state index in [1.807, 2.05) is 0 Å². The second-order valence-corrected chi connectivity index (χ2v) is 4.70. The van der Waals surface area contributed by atoms with Gasteiger partial charge < -0.3 is 15.2 Å². The number of rotatable bonds is 6. The molecule has 3 heteroatoms. The Labute approximate surface area is 98.6 Å². The molecule has 0 bridgehead atoms. The minimum atomic E-state index is -0.451. The van der Waals surface area contributed by atoms with Crippen LogP contribution < -0.4 is 5.32 Å². The molecule has 3 nitrogen and oxygen atoms in total. The minimum Gasteiger partial charge on any atom is -0.389 e. The normalized spacial score (nSPS) is 27.3. The van der Waals surface area contributed by atoms with E-state index in [1.54, 1.807) is 0 Å². The summed E-state index contributed by atoms with van der Waals surface area (Å²) in [5, 5.41) is 12.6. The van der Waals surface area contributed by atoms with Crippen LogP contribution >= 0.6 is 0 Å². The number of ether oxygens (including phenoxy) is 1. The average Bonchev–Trinajstić information content (AvgIpc) is 2.29. The number of aliphatic hydroxyl groups excluding tert-OH is 1. The first-order valence-corrected chi connectivity index (χ1v) is 6.16. The molecule has 1 atom stereocenters. The number of aliphatic hydroxyl groups is 1. The summed E-state index contributed by atoms with van der Waals surface area (Å²) in [6, 6.07) is 0. The van der Waals surface area contributed by atoms with Gasteiger partial charge in [-0.05, 0) is 31.6 Å². The Kier molecular flexibility index (Phi) is 6.47. The third-order valence-corrected chi connectivity index (χ3v) is 3.09. The largest absolute Gasteiger partial charge is 0.389 e. The molecule has 0 saturated heterocycles. The summed E-state index contributed by atoms with van der Waals surface area (Å²) in [6.45, 7) is 3.71. The summed E-state index contributed by atoms with van der Waals surface area (Å²) in [5.41, 5.74) is 0. The Hall–Kier alpha value is -0.560. The van der Waals surface area contributed by atoms with Crippen molar-refractivity contribution >= 4 is 0 Å². The zero-order valence-corrected chi connectivity index (χ0v) is 10.1. The van der Waals surface area contributed by atoms with E-state index in [0.29, 0.717) is 25.8 Å². The van der Waals surface area contributed by atoms with Crippen LogP contribution in [0.2, 0.25) is 0 Å². The fourth-order valence-electron chi connectivity index (χ4n) is 2.01. The molecule has 1 unspecified atom stereocenters. The van der Waals surface area contributed by atoms with Crippen LogP contribution in [0.1, 0.15) is 32.6 Å². The molecule has 0 amide bonds. The molecule has 2 N–H and O–H groups in total. The quantitative estimate of drug-likeness (QED) is 0.526. The molecule has 0 aromatic rings. The molecular weight excluding hydrogens is 202 g/mol. The maximum atomic E-state index is 9.60. The second kappa shape index (κ2) is 7.67. The molecule has 1 rings (SSSR count). The highest BCUT2D eigenvalue weighted by Crippen LogP contribution is 2.25. The molecule has 0 spiro atoms. The molecule has 0 heterocycles. The zero-order chi connectivity index (χ0) is 11.8. The van der Waals surface area contributed by atoms with Gasteiger partial charge in [-0.25, -0.2) is 0 Å². The molecule has 0 radical (unpaired) electrons. The second-order valence-electron chi connectivity index (χ2n) is 4.70. The van der Waals surface area contributed by atoms with Gasteiger partial charge in [0.2, 0.25) is 0 Å². The SMILES string of the molecule is C#CCNCC(O)COC1CCC(C)CC1. The Morgan fingerprint density at radius 1 is 1.44 bits per heavy atom. The molecule has 0 aromatic heterocycles. The molecular formula is C13H23NO2. The predicted octanol–water partition coefficient (Wildman–Crippen LogP) is 1.17. The fraction of sp³-hybridized carbons (Fsp3) is 0.846. The monoisotopic (exact) mass is 225 g/mol. The molecule has 16 heavy (non-hydrogen) atoms. The minimum absolute atomic E-state index is 0.346. The van der Waals surface area contributed by atoms with Crippen molar-refractivity contribution in [2.45, 2.75) is 44.8 Å². The van der Waals surface area contributed by atoms with Gasteiger partial charge in [0.05, 0.1) is 25.4 Å². The van der Waals surface area contributed by atoms with Gasteiger partial charge in [0.25, 0.3) is 0 Å². The Balaban J connectivity index is 2.03. The topological polar surface area (TPSA) is 41.5 Å². The van der Waals surface area contributed by atoms with Crippen LogP contribution in [-0.4, -0.2) is 37.0 Å². The van der Waals surface area contributed by atoms with Crippen molar-refractivity contribution in [3.05, 3.63) is 0 Å². The van der Waals surface area contributed by atoms with Crippen LogP contribution in [0.5, 0.6) is 0 Å². The number of hydrogen-bond acceptors (Lipinski definition) is 3. The first kappa shape index (κ1) is 13.5. The van der Waals surface area contributed by atoms with Crippen molar-refractivity contribution < 1.29 is 9.84 Å². The highest BCUT2D eigenvalue weighted by molar-refractivity contribution is 4.86. The van der Waals surface area contributed by atoms with E-state index in [2.05, 4.69) is 18.2 Å². The highest BCUT2D eigenvalue weighted by Gasteiger charge is 2.19. The van der Waals surface area contributed by atoms with Gasteiger partial charge in [-0.15, -0.1) is 6.42 Å². The van der Waals surface area contributed by atoms with Crippen LogP contribution in [0.3, 0.4) is 0 Å². The third-order valence-electron chi connectivity index (χ3n) is 3.09. The molecule has 0 aliphatic heterocycles. The smallest absolute Gasteiger partial charge is 0.0898 e. The van der Waals surface area contributed by atoms with Crippen molar-refractivity contribution in [3.63, 3.8) is 0 Å². The molecule has 92 valence electrons. The van der Waals surface area contributed by atoms with Crippen LogP contribution in [0.4, 0.5) is 0 Å². The fourth-order valence-corrected chi connectivity index (χ4v) is 2.01. The zero-order valence-electron chi connectivity index (χ0n) is 10.1. The van der Waals surface area contributed by atoms with Gasteiger partial charge in [-0.1, -0.05) is 12.8 Å². The van der Waals surface area contributed by atoms with Gasteiger partial charge in [0.1, 0.15) is 0 Å². The van der Waals surface area contributed by atoms with Crippen LogP contribution in [0, 0.1) is 18.3 Å². The Morgan fingerprint density at radius 2 is 2.12 bits per heavy atom. The predicted molar refractivity (Wildman–Crippen MR) is 65.1 cm³/mol. The van der Waals surface area contributed by atoms with Crippen molar-refractivity contribution in [2.75, 3.05) is 19.7 Å². The van der Waals surface area contributed by atoms with Crippen molar-refractivity contribution in [1.82, 2.24) is 5.32 Å². The first-order chi connectivity index (χ1) is 7.72. The van der Waals surface area contributed by atoms with Gasteiger partial charge in [-0.2, -0.15) is 0 Å². The van der Waals surface area contributed by atoms with E-state index < -0.39 is 6.10 Å². The number of hydrogen-bond donors (Lipinski definition) is 2. The van der Waals surface area contributed by atoms with Crippen LogP contribution in [0.15, 0.2) is 0 Å². The molecule has 1 aliphatic rings. The lowest BCUT2D eigenvalue weighted by Crippen LogP contribution is -2.33. The molecule has 1 fully saturated rings. The van der Waals surface area contributed by atoms with E-state index in [-0.39, 0.29) is 0 Å². The van der Waals surface area contributed by atoms with Crippen molar-refractivity contribution in [2.24, 2.45) is 5.92 Å². The van der Waals surface area contributed by atoms with Crippen molar-refractivity contribution in [3.8, 4) is 12.3 Å². The third kappa shape index (κ3) is 5.50. The van der Waals surface area contributed by atoms with E-state index in [0.717, 1.165) is 18.8 Å². The molecule has 1 saturated carbocycles. The molecule has 1 aliphatic carbocycles. The lowest BCUT2D eigenvalue weighted by Gasteiger charge is -2.27. The van der Waals surface area contributed by atoms with E-state index >= 15 is 0 Å². The first-order valence-electron chi connectivity index (χ1n) is 6.16. The maximum Gasteiger partial charge on any atom is 0.0898 e. The van der Waals surface area contributed by atoms with E-state index in [4.69, 9.17) is 11.2 Å². The van der Waals surface area contributed by atoms with Gasteiger partial charge in [0, 0.05) is 6.54 Å². The summed E-state index contributed by atoms with van der Waals surface area (Å²) < 4.78 is 5.68. The summed E-state index contributed by atoms with van der Waals surface area (Å²) >= 11 is 0. The Bertz CT molecular complexity index is 216. The van der Waals surface area contributed by atoms with E-state index in [9.17, 15) is 5.11 Å². The van der Waals surface area contributed by atoms with Crippen LogP contribution in [0.25, 0.3) is 0 Å². The average molecular weight is 225 g/mol. The van der Waals surface area contributed by atoms with Gasteiger partial charge in [0.15, 0.2) is 0 Å². The number of terminal acetylenes is 1. The van der Waals surface area contributed by atoms with Crippen LogP contribution in [-0.2, 0) is 4.74 Å². The summed E-state index contributed by atoms with van der Waals surface area (Å²) in [6.07, 6.45) is 9.74. The van der Waals surface area contributed by atoms with E-state index in [1.165, 1.54) is 12.8 Å². The lowest BCUT2D eigenvalue weighted by molar-refractivity contribution is -0.0275. The summed E-state index contributed by atoms with van der Waals surface area (Å²) in [4.78, 5) is 0. The maximum absolute atomic E-state index is 9.60. The lowest BCUT2D eigenvalue weighted by atomic mass is 9.89. The standard InChI is InChI=1S/C13H23NO2/c1-3-8-14-9-12(15)10-16-13-6-4-11(2)5-7-13/h1,11-15H,4-10H2,2H3.